The number of anilines is 1. The lowest BCUT2D eigenvalue weighted by atomic mass is 10.2. The van der Waals surface area contributed by atoms with Crippen LogP contribution in [0.25, 0.3) is 11.2 Å². The van der Waals surface area contributed by atoms with Crippen LogP contribution < -0.4 is 11.1 Å². The molecule has 28 heavy (non-hydrogen) atoms. The molecule has 6 nitrogen and oxygen atoms in total. The van der Waals surface area contributed by atoms with E-state index in [1.54, 1.807) is 11.8 Å². The first-order chi connectivity index (χ1) is 13.5. The first-order valence-electron chi connectivity index (χ1n) is 9.33. The molecule has 1 aromatic carbocycles. The van der Waals surface area contributed by atoms with Crippen molar-refractivity contribution in [3.8, 4) is 0 Å². The van der Waals surface area contributed by atoms with Crippen molar-refractivity contribution in [1.29, 1.82) is 0 Å². The molecule has 0 radical (unpaired) electrons. The predicted octanol–water partition coefficient (Wildman–Crippen LogP) is 4.06. The van der Waals surface area contributed by atoms with Crippen LogP contribution in [0.15, 0.2) is 33.4 Å². The van der Waals surface area contributed by atoms with Crippen LogP contribution in [-0.2, 0) is 13.0 Å². The summed E-state index contributed by atoms with van der Waals surface area (Å²) >= 11 is 6.06. The van der Waals surface area contributed by atoms with Crippen molar-refractivity contribution in [1.82, 2.24) is 24.8 Å². The minimum absolute atomic E-state index is 0.431. The molecule has 0 bridgehead atoms. The number of hydrogen-bond acceptors (Lipinski definition) is 7. The number of nitrogens with one attached hydrogen (secondary N) is 1. The Kier molecular flexibility index (Phi) is 6.34. The quantitative estimate of drug-likeness (QED) is 0.355. The van der Waals surface area contributed by atoms with Crippen LogP contribution in [0.5, 0.6) is 0 Å². The van der Waals surface area contributed by atoms with Gasteiger partial charge in [-0.1, -0.05) is 25.6 Å². The van der Waals surface area contributed by atoms with E-state index >= 15 is 0 Å². The zero-order valence-electron chi connectivity index (χ0n) is 15.9. The Morgan fingerprint density at radius 1 is 1.36 bits per heavy atom. The molecule has 3 N–H and O–H groups in total. The Labute approximate surface area is 187 Å². The molecule has 0 amide bonds. The van der Waals surface area contributed by atoms with Gasteiger partial charge < -0.3 is 15.6 Å². The second kappa shape index (κ2) is 8.76. The van der Waals surface area contributed by atoms with Gasteiger partial charge in [0.25, 0.3) is 0 Å². The van der Waals surface area contributed by atoms with Gasteiger partial charge in [-0.2, -0.15) is 0 Å². The zero-order chi connectivity index (χ0) is 19.7. The number of aromatic nitrogens is 4. The van der Waals surface area contributed by atoms with E-state index in [9.17, 15) is 0 Å². The number of fused-ring (bicyclic) bond motifs is 2. The average molecular weight is 526 g/mol. The maximum Gasteiger partial charge on any atom is 0.175 e. The Bertz CT molecular complexity index is 1000. The van der Waals surface area contributed by atoms with Gasteiger partial charge in [0.15, 0.2) is 22.1 Å². The predicted molar refractivity (Wildman–Crippen MR) is 125 cm³/mol. The number of imidazole rings is 1. The zero-order valence-corrected chi connectivity index (χ0v) is 19.7. The third-order valence-corrected chi connectivity index (χ3v) is 7.95. The van der Waals surface area contributed by atoms with Gasteiger partial charge >= 0.3 is 0 Å². The SMILES string of the molecule is CC(C)CNCCn1c(Sc2cc3c(cc2I)SCC3)nc2c(N)ncnc21. The molecule has 0 fully saturated rings. The maximum absolute atomic E-state index is 6.07. The van der Waals surface area contributed by atoms with Crippen molar-refractivity contribution in [3.05, 3.63) is 27.6 Å². The summed E-state index contributed by atoms with van der Waals surface area (Å²) in [5.74, 6) is 2.23. The Balaban J connectivity index is 1.66. The lowest BCUT2D eigenvalue weighted by Gasteiger charge is -2.12. The minimum atomic E-state index is 0.431. The first-order valence-corrected chi connectivity index (χ1v) is 12.2. The number of nitrogen functional groups attached to an aromatic ring is 1. The van der Waals surface area contributed by atoms with E-state index in [1.807, 2.05) is 11.8 Å². The van der Waals surface area contributed by atoms with E-state index in [4.69, 9.17) is 10.7 Å². The highest BCUT2D eigenvalue weighted by Crippen LogP contribution is 2.39. The summed E-state index contributed by atoms with van der Waals surface area (Å²) in [6.45, 7) is 7.07. The number of rotatable bonds is 7. The van der Waals surface area contributed by atoms with Crippen molar-refractivity contribution in [2.24, 2.45) is 5.92 Å². The van der Waals surface area contributed by atoms with Gasteiger partial charge in [0.05, 0.1) is 0 Å². The molecule has 2 aromatic heterocycles. The number of nitrogens with zero attached hydrogens (tertiary/aromatic N) is 4. The van der Waals surface area contributed by atoms with E-state index < -0.39 is 0 Å². The highest BCUT2D eigenvalue weighted by atomic mass is 127. The summed E-state index contributed by atoms with van der Waals surface area (Å²) in [5.41, 5.74) is 8.99. The van der Waals surface area contributed by atoms with Crippen molar-refractivity contribution in [2.45, 2.75) is 41.8 Å². The van der Waals surface area contributed by atoms with Gasteiger partial charge in [-0.3, -0.25) is 0 Å². The fourth-order valence-electron chi connectivity index (χ4n) is 3.15. The normalized spacial score (nSPS) is 13.6. The average Bonchev–Trinajstić information content (AvgIpc) is 3.24. The highest BCUT2D eigenvalue weighted by Gasteiger charge is 2.19. The van der Waals surface area contributed by atoms with Crippen molar-refractivity contribution in [2.75, 3.05) is 24.6 Å². The molecule has 148 valence electrons. The second-order valence-electron chi connectivity index (χ2n) is 7.17. The number of hydrogen-bond donors (Lipinski definition) is 2. The summed E-state index contributed by atoms with van der Waals surface area (Å²) in [5, 5.41) is 4.42. The number of benzene rings is 1. The van der Waals surface area contributed by atoms with Crippen molar-refractivity contribution in [3.63, 3.8) is 0 Å². The maximum atomic E-state index is 6.07. The summed E-state index contributed by atoms with van der Waals surface area (Å²) in [6, 6.07) is 4.61. The van der Waals surface area contributed by atoms with Gasteiger partial charge in [-0.15, -0.1) is 11.8 Å². The van der Waals surface area contributed by atoms with Gasteiger partial charge in [-0.25, -0.2) is 15.0 Å². The van der Waals surface area contributed by atoms with Crippen LogP contribution in [0.2, 0.25) is 0 Å². The fraction of sp³-hybridized carbons (Fsp3) is 0.421. The van der Waals surface area contributed by atoms with Crippen LogP contribution in [0.3, 0.4) is 0 Å². The minimum Gasteiger partial charge on any atom is -0.382 e. The number of thioether (sulfide) groups is 1. The fourth-order valence-corrected chi connectivity index (χ4v) is 6.23. The van der Waals surface area contributed by atoms with E-state index in [-0.39, 0.29) is 0 Å². The summed E-state index contributed by atoms with van der Waals surface area (Å²) in [4.78, 5) is 16.0. The lowest BCUT2D eigenvalue weighted by Crippen LogP contribution is -2.24. The summed E-state index contributed by atoms with van der Waals surface area (Å²) in [7, 11) is 0. The number of nitrogens with two attached hydrogens (primary N) is 1. The number of halogens is 1. The third kappa shape index (κ3) is 4.27. The van der Waals surface area contributed by atoms with Crippen molar-refractivity contribution >= 4 is 63.1 Å². The molecule has 1 aliphatic heterocycles. The van der Waals surface area contributed by atoms with Crippen LogP contribution in [0.1, 0.15) is 19.4 Å². The van der Waals surface area contributed by atoms with E-state index in [0.29, 0.717) is 17.3 Å². The second-order valence-corrected chi connectivity index (χ2v) is 10.5. The molecular formula is C19H23IN6S2. The molecule has 3 heterocycles. The Morgan fingerprint density at radius 2 is 2.21 bits per heavy atom. The van der Waals surface area contributed by atoms with Crippen LogP contribution in [-0.4, -0.2) is 38.4 Å². The number of aryl methyl sites for hydroxylation is 1. The smallest absolute Gasteiger partial charge is 0.175 e. The molecule has 0 saturated carbocycles. The topological polar surface area (TPSA) is 81.7 Å². The molecule has 0 saturated heterocycles. The lowest BCUT2D eigenvalue weighted by molar-refractivity contribution is 0.516. The van der Waals surface area contributed by atoms with Gasteiger partial charge in [0.2, 0.25) is 0 Å². The van der Waals surface area contributed by atoms with E-state index in [1.165, 1.54) is 31.0 Å². The van der Waals surface area contributed by atoms with Crippen LogP contribution in [0, 0.1) is 9.49 Å². The Hall–Kier alpha value is -1.04. The van der Waals surface area contributed by atoms with Gasteiger partial charge in [-0.05, 0) is 59.2 Å². The molecule has 0 unspecified atom stereocenters. The monoisotopic (exact) mass is 526 g/mol. The first kappa shape index (κ1) is 20.2. The third-order valence-electron chi connectivity index (χ3n) is 4.54. The molecule has 4 rings (SSSR count). The van der Waals surface area contributed by atoms with Crippen molar-refractivity contribution < 1.29 is 0 Å². The summed E-state index contributed by atoms with van der Waals surface area (Å²) < 4.78 is 3.41. The van der Waals surface area contributed by atoms with E-state index in [0.717, 1.165) is 36.9 Å². The Morgan fingerprint density at radius 3 is 3.04 bits per heavy atom. The van der Waals surface area contributed by atoms with Crippen LogP contribution >= 0.6 is 46.1 Å². The molecule has 0 aliphatic carbocycles. The van der Waals surface area contributed by atoms with Crippen LogP contribution in [0.4, 0.5) is 5.82 Å². The van der Waals surface area contributed by atoms with E-state index in [2.05, 4.69) is 68.4 Å². The highest BCUT2D eigenvalue weighted by molar-refractivity contribution is 14.1. The largest absolute Gasteiger partial charge is 0.382 e. The molecule has 9 heteroatoms. The summed E-state index contributed by atoms with van der Waals surface area (Å²) in [6.07, 6.45) is 2.65. The molecular weight excluding hydrogens is 503 g/mol. The standard InChI is InChI=1S/C19H23IN6S2/c1-11(2)9-22-4-5-26-18-16(17(21)23-10-24-18)25-19(26)28-15-7-12-3-6-27-14(12)8-13(15)20/h7-8,10-11,22H,3-6,9H2,1-2H3,(H2,21,23,24). The molecule has 3 aromatic rings. The molecule has 1 aliphatic rings. The molecule has 0 atom stereocenters. The van der Waals surface area contributed by atoms with Gasteiger partial charge in [0, 0.05) is 32.2 Å². The molecule has 0 spiro atoms. The van der Waals surface area contributed by atoms with Gasteiger partial charge in [0.1, 0.15) is 6.33 Å².